The average molecular weight is 350 g/mol. The first kappa shape index (κ1) is 18.6. The molecule has 0 saturated heterocycles. The molecule has 0 saturated carbocycles. The van der Waals surface area contributed by atoms with Gasteiger partial charge in [-0.05, 0) is 12.1 Å². The fourth-order valence-corrected chi connectivity index (χ4v) is 1.89. The number of carbonyl (C=O) groups excluding carboxylic acids is 1. The molecule has 10 heteroatoms. The first-order valence-corrected chi connectivity index (χ1v) is 6.62. The van der Waals surface area contributed by atoms with E-state index >= 15 is 0 Å². The molecule has 0 aliphatic carbocycles. The topological polar surface area (TPSA) is 26.3 Å². The van der Waals surface area contributed by atoms with Crippen LogP contribution < -0.4 is 0 Å². The zero-order valence-corrected chi connectivity index (χ0v) is 11.5. The Labute approximate surface area is 124 Å². The molecule has 2 nitrogen and oxygen atoms in total. The van der Waals surface area contributed by atoms with Crippen LogP contribution in [0.1, 0.15) is 0 Å². The third kappa shape index (κ3) is 4.52. The molecule has 0 atom stereocenters. The molecule has 124 valence electrons. The number of ether oxygens (including phenoxy) is 1. The Balaban J connectivity index is 2.52. The lowest BCUT2D eigenvalue weighted by atomic mass is 10.2. The zero-order chi connectivity index (χ0) is 17.0. The summed E-state index contributed by atoms with van der Waals surface area (Å²) >= 11 is 0.863. The highest BCUT2D eigenvalue weighted by atomic mass is 32.2. The van der Waals surface area contributed by atoms with Gasteiger partial charge >= 0.3 is 24.0 Å². The molecule has 0 spiro atoms. The Bertz CT molecular complexity index is 502. The quantitative estimate of drug-likeness (QED) is 0.438. The number of hydrogen-bond acceptors (Lipinski definition) is 3. The van der Waals surface area contributed by atoms with Gasteiger partial charge in [-0.3, -0.25) is 4.79 Å². The molecule has 0 aliphatic heterocycles. The summed E-state index contributed by atoms with van der Waals surface area (Å²) in [7, 11) is 0. The van der Waals surface area contributed by atoms with Crippen LogP contribution in [0.25, 0.3) is 0 Å². The van der Waals surface area contributed by atoms with Crippen molar-refractivity contribution in [3.8, 4) is 0 Å². The summed E-state index contributed by atoms with van der Waals surface area (Å²) in [6, 6.07) is 8.12. The van der Waals surface area contributed by atoms with E-state index in [4.69, 9.17) is 0 Å². The first-order chi connectivity index (χ1) is 9.97. The third-order valence-corrected chi connectivity index (χ3v) is 3.32. The summed E-state index contributed by atoms with van der Waals surface area (Å²) in [6.07, 6.45) is -6.44. The molecule has 0 amide bonds. The van der Waals surface area contributed by atoms with E-state index in [1.54, 1.807) is 30.3 Å². The van der Waals surface area contributed by atoms with Gasteiger partial charge in [0.2, 0.25) is 0 Å². The van der Waals surface area contributed by atoms with Crippen molar-refractivity contribution in [2.45, 2.75) is 22.9 Å². The van der Waals surface area contributed by atoms with Crippen LogP contribution in [-0.4, -0.2) is 36.4 Å². The maximum Gasteiger partial charge on any atom is 0.460 e. The van der Waals surface area contributed by atoms with Crippen molar-refractivity contribution in [3.63, 3.8) is 0 Å². The Morgan fingerprint density at radius 1 is 1.00 bits per heavy atom. The van der Waals surface area contributed by atoms with Crippen molar-refractivity contribution in [2.75, 3.05) is 12.4 Å². The van der Waals surface area contributed by atoms with Crippen LogP contribution in [0.4, 0.5) is 30.7 Å². The molecule has 0 aromatic heterocycles. The molecule has 0 aliphatic rings. The van der Waals surface area contributed by atoms with Gasteiger partial charge in [-0.15, -0.1) is 11.8 Å². The second-order valence-corrected chi connectivity index (χ2v) is 5.09. The highest BCUT2D eigenvalue weighted by Gasteiger charge is 2.73. The van der Waals surface area contributed by atoms with Crippen LogP contribution in [0.15, 0.2) is 35.2 Å². The Morgan fingerprint density at radius 2 is 1.55 bits per heavy atom. The SMILES string of the molecule is O=C(CSc1ccccc1)OCC(F)(F)C(F)(F)C(F)(F)F. The molecule has 0 unspecified atom stereocenters. The Kier molecular flexibility index (Phi) is 5.71. The summed E-state index contributed by atoms with van der Waals surface area (Å²) in [4.78, 5) is 11.7. The lowest BCUT2D eigenvalue weighted by Crippen LogP contribution is -2.54. The van der Waals surface area contributed by atoms with Crippen molar-refractivity contribution in [1.29, 1.82) is 0 Å². The molecule has 0 N–H and O–H groups in total. The number of halogens is 7. The van der Waals surface area contributed by atoms with Crippen molar-refractivity contribution in [1.82, 2.24) is 0 Å². The normalized spacial score (nSPS) is 13.0. The number of carbonyl (C=O) groups is 1. The molecule has 22 heavy (non-hydrogen) atoms. The molecule has 1 aromatic rings. The van der Waals surface area contributed by atoms with E-state index in [9.17, 15) is 35.5 Å². The largest absolute Gasteiger partial charge is 0.460 e. The van der Waals surface area contributed by atoms with E-state index in [2.05, 4.69) is 4.74 Å². The number of esters is 1. The minimum Gasteiger partial charge on any atom is -0.458 e. The molecule has 1 rings (SSSR count). The first-order valence-electron chi connectivity index (χ1n) is 5.63. The maximum atomic E-state index is 12.9. The molecular formula is C12H9F7O2S. The van der Waals surface area contributed by atoms with Crippen molar-refractivity contribution >= 4 is 17.7 Å². The minimum atomic E-state index is -6.44. The lowest BCUT2D eigenvalue weighted by molar-refractivity contribution is -0.359. The fourth-order valence-electron chi connectivity index (χ4n) is 1.17. The van der Waals surface area contributed by atoms with Gasteiger partial charge in [0.25, 0.3) is 0 Å². The third-order valence-electron chi connectivity index (χ3n) is 2.33. The predicted molar refractivity (Wildman–Crippen MR) is 64.1 cm³/mol. The van der Waals surface area contributed by atoms with Gasteiger partial charge in [0, 0.05) is 4.90 Å². The lowest BCUT2D eigenvalue weighted by Gasteiger charge is -2.27. The number of thioether (sulfide) groups is 1. The molecular weight excluding hydrogens is 341 g/mol. The molecule has 0 radical (unpaired) electrons. The van der Waals surface area contributed by atoms with Gasteiger partial charge in [0.1, 0.15) is 0 Å². The maximum absolute atomic E-state index is 12.9. The van der Waals surface area contributed by atoms with Crippen LogP contribution in [0.2, 0.25) is 0 Å². The fraction of sp³-hybridized carbons (Fsp3) is 0.417. The van der Waals surface area contributed by atoms with Gasteiger partial charge in [-0.1, -0.05) is 18.2 Å². The smallest absolute Gasteiger partial charge is 0.458 e. The Hall–Kier alpha value is -1.45. The van der Waals surface area contributed by atoms with Crippen molar-refractivity contribution in [3.05, 3.63) is 30.3 Å². The van der Waals surface area contributed by atoms with E-state index < -0.39 is 36.4 Å². The van der Waals surface area contributed by atoms with E-state index in [0.29, 0.717) is 4.90 Å². The second kappa shape index (κ2) is 6.76. The minimum absolute atomic E-state index is 0.502. The highest BCUT2D eigenvalue weighted by Crippen LogP contribution is 2.46. The van der Waals surface area contributed by atoms with Crippen molar-refractivity contribution < 1.29 is 40.3 Å². The van der Waals surface area contributed by atoms with Gasteiger partial charge in [0.05, 0.1) is 5.75 Å². The molecule has 0 heterocycles. The van der Waals surface area contributed by atoms with Crippen molar-refractivity contribution in [2.24, 2.45) is 0 Å². The van der Waals surface area contributed by atoms with Crippen LogP contribution in [0, 0.1) is 0 Å². The van der Waals surface area contributed by atoms with Gasteiger partial charge in [-0.25, -0.2) is 0 Å². The van der Waals surface area contributed by atoms with Crippen LogP contribution in [0.3, 0.4) is 0 Å². The standard InChI is InChI=1S/C12H9F7O2S/c13-10(14,11(15,16)12(17,18)19)7-21-9(20)6-22-8-4-2-1-3-5-8/h1-5H,6-7H2. The van der Waals surface area contributed by atoms with Crippen LogP contribution in [0.5, 0.6) is 0 Å². The molecule has 1 aromatic carbocycles. The highest BCUT2D eigenvalue weighted by molar-refractivity contribution is 8.00. The van der Waals surface area contributed by atoms with Gasteiger partial charge in [0.15, 0.2) is 6.61 Å². The summed E-state index contributed by atoms with van der Waals surface area (Å²) in [6.45, 7) is -2.35. The van der Waals surface area contributed by atoms with Crippen LogP contribution >= 0.6 is 11.8 Å². The van der Waals surface area contributed by atoms with E-state index in [1.165, 1.54) is 0 Å². The Morgan fingerprint density at radius 3 is 2.05 bits per heavy atom. The number of hydrogen-bond donors (Lipinski definition) is 0. The number of rotatable bonds is 6. The van der Waals surface area contributed by atoms with Crippen LogP contribution in [-0.2, 0) is 9.53 Å². The number of benzene rings is 1. The van der Waals surface area contributed by atoms with Gasteiger partial charge in [-0.2, -0.15) is 30.7 Å². The number of alkyl halides is 7. The summed E-state index contributed by atoms with van der Waals surface area (Å²) in [5, 5.41) is 0. The molecule has 0 bridgehead atoms. The van der Waals surface area contributed by atoms with Gasteiger partial charge < -0.3 is 4.74 Å². The summed E-state index contributed by atoms with van der Waals surface area (Å²) in [5.41, 5.74) is 0. The summed E-state index contributed by atoms with van der Waals surface area (Å²) in [5.74, 6) is -13.7. The van der Waals surface area contributed by atoms with E-state index in [1.807, 2.05) is 0 Å². The molecule has 0 fully saturated rings. The van der Waals surface area contributed by atoms with E-state index in [-0.39, 0.29) is 0 Å². The second-order valence-electron chi connectivity index (χ2n) is 4.04. The summed E-state index contributed by atoms with van der Waals surface area (Å²) < 4.78 is 90.2. The monoisotopic (exact) mass is 350 g/mol. The average Bonchev–Trinajstić information content (AvgIpc) is 2.42. The van der Waals surface area contributed by atoms with E-state index in [0.717, 1.165) is 11.8 Å². The zero-order valence-electron chi connectivity index (χ0n) is 10.7. The predicted octanol–water partition coefficient (Wildman–Crippen LogP) is 4.15.